The first-order valence-electron chi connectivity index (χ1n) is 6.94. The Labute approximate surface area is 111 Å². The molecule has 1 radical (unpaired) electrons. The van der Waals surface area contributed by atoms with Crippen LogP contribution in [0.5, 0.6) is 0 Å². The third-order valence-electron chi connectivity index (χ3n) is 3.13. The molecule has 0 aromatic rings. The average molecular weight is 255 g/mol. The van der Waals surface area contributed by atoms with Crippen LogP contribution in [0.25, 0.3) is 0 Å². The summed E-state index contributed by atoms with van der Waals surface area (Å²) in [5.74, 6) is 0.361. The van der Waals surface area contributed by atoms with E-state index in [1.54, 1.807) is 4.90 Å². The zero-order valence-corrected chi connectivity index (χ0v) is 12.3. The molecule has 0 aliphatic carbocycles. The molecule has 0 bridgehead atoms. The highest BCUT2D eigenvalue weighted by molar-refractivity contribution is 5.78. The number of nitrogens with one attached hydrogen (secondary N) is 1. The van der Waals surface area contributed by atoms with Gasteiger partial charge in [-0.05, 0) is 32.1 Å². The Morgan fingerprint density at radius 1 is 1.22 bits per heavy atom. The standard InChI is InChI=1S/C14H27N2O2/c1-6-13(7-2)16(8-3)14(18)15-12(10-17)9-11(4)5/h11-13H,6-9H2,1-5H3,(H,15,18)/t12-/m0/s1. The van der Waals surface area contributed by atoms with Crippen molar-refractivity contribution in [3.05, 3.63) is 0 Å². The van der Waals surface area contributed by atoms with Crippen molar-refractivity contribution < 1.29 is 9.59 Å². The second kappa shape index (κ2) is 8.95. The summed E-state index contributed by atoms with van der Waals surface area (Å²) in [4.78, 5) is 24.8. The summed E-state index contributed by atoms with van der Waals surface area (Å²) in [5, 5.41) is 2.76. The zero-order chi connectivity index (χ0) is 14.1. The Kier molecular flexibility index (Phi) is 8.42. The van der Waals surface area contributed by atoms with E-state index >= 15 is 0 Å². The van der Waals surface area contributed by atoms with E-state index < -0.39 is 6.04 Å². The Morgan fingerprint density at radius 2 is 1.78 bits per heavy atom. The minimum absolute atomic E-state index is 0.153. The van der Waals surface area contributed by atoms with E-state index in [0.29, 0.717) is 18.9 Å². The number of nitrogens with zero attached hydrogens (tertiary/aromatic N) is 1. The molecule has 4 nitrogen and oxygen atoms in total. The molecule has 0 aliphatic heterocycles. The average Bonchev–Trinajstić information content (AvgIpc) is 2.33. The van der Waals surface area contributed by atoms with Gasteiger partial charge in [0.2, 0.25) is 6.29 Å². The quantitative estimate of drug-likeness (QED) is 0.725. The van der Waals surface area contributed by atoms with Crippen LogP contribution in [0.4, 0.5) is 4.79 Å². The summed E-state index contributed by atoms with van der Waals surface area (Å²) in [6.07, 6.45) is 4.40. The first kappa shape index (κ1) is 16.9. The van der Waals surface area contributed by atoms with Gasteiger partial charge in [-0.25, -0.2) is 4.79 Å². The third kappa shape index (κ3) is 5.52. The van der Waals surface area contributed by atoms with Crippen molar-refractivity contribution >= 4 is 12.3 Å². The van der Waals surface area contributed by atoms with Crippen LogP contribution in [-0.2, 0) is 4.79 Å². The molecule has 0 heterocycles. The molecule has 2 amide bonds. The predicted molar refractivity (Wildman–Crippen MR) is 74.2 cm³/mol. The maximum atomic E-state index is 12.1. The van der Waals surface area contributed by atoms with Gasteiger partial charge in [-0.15, -0.1) is 0 Å². The maximum absolute atomic E-state index is 12.1. The summed E-state index contributed by atoms with van der Waals surface area (Å²) in [6.45, 7) is 10.8. The highest BCUT2D eigenvalue weighted by Gasteiger charge is 2.22. The fourth-order valence-corrected chi connectivity index (χ4v) is 2.14. The summed E-state index contributed by atoms with van der Waals surface area (Å²) in [7, 11) is 0. The minimum Gasteiger partial charge on any atom is -0.328 e. The Balaban J connectivity index is 4.54. The molecule has 1 atom stereocenters. The first-order valence-corrected chi connectivity index (χ1v) is 6.94. The smallest absolute Gasteiger partial charge is 0.318 e. The van der Waals surface area contributed by atoms with Crippen LogP contribution in [-0.4, -0.2) is 35.8 Å². The van der Waals surface area contributed by atoms with E-state index in [1.807, 2.05) is 27.1 Å². The van der Waals surface area contributed by atoms with Crippen molar-refractivity contribution in [2.45, 2.75) is 66.0 Å². The number of hydrogen-bond donors (Lipinski definition) is 1. The SMILES string of the molecule is CCC(CC)N(CC)C(=O)N[C@H]([C]=O)CC(C)C. The molecular weight excluding hydrogens is 228 g/mol. The molecule has 1 N–H and O–H groups in total. The van der Waals surface area contributed by atoms with E-state index in [-0.39, 0.29) is 12.1 Å². The summed E-state index contributed by atoms with van der Waals surface area (Å²) >= 11 is 0. The van der Waals surface area contributed by atoms with Crippen molar-refractivity contribution in [3.8, 4) is 0 Å². The fraction of sp³-hybridized carbons (Fsp3) is 0.857. The number of amides is 2. The van der Waals surface area contributed by atoms with Crippen LogP contribution < -0.4 is 5.32 Å². The van der Waals surface area contributed by atoms with Crippen molar-refractivity contribution in [2.24, 2.45) is 5.92 Å². The molecule has 0 aromatic carbocycles. The van der Waals surface area contributed by atoms with Gasteiger partial charge in [-0.2, -0.15) is 0 Å². The van der Waals surface area contributed by atoms with Crippen LogP contribution in [0.3, 0.4) is 0 Å². The lowest BCUT2D eigenvalue weighted by molar-refractivity contribution is 0.171. The van der Waals surface area contributed by atoms with Gasteiger partial charge >= 0.3 is 6.03 Å². The maximum Gasteiger partial charge on any atom is 0.318 e. The van der Waals surface area contributed by atoms with Crippen LogP contribution in [0.2, 0.25) is 0 Å². The number of carbonyl (C=O) groups excluding carboxylic acids is 2. The second-order valence-electron chi connectivity index (χ2n) is 5.01. The van der Waals surface area contributed by atoms with E-state index in [0.717, 1.165) is 12.8 Å². The second-order valence-corrected chi connectivity index (χ2v) is 5.01. The van der Waals surface area contributed by atoms with Gasteiger partial charge in [0.15, 0.2) is 0 Å². The van der Waals surface area contributed by atoms with Crippen molar-refractivity contribution in [1.82, 2.24) is 10.2 Å². The van der Waals surface area contributed by atoms with Crippen molar-refractivity contribution in [1.29, 1.82) is 0 Å². The lowest BCUT2D eigenvalue weighted by atomic mass is 10.1. The minimum atomic E-state index is -0.499. The highest BCUT2D eigenvalue weighted by atomic mass is 16.2. The van der Waals surface area contributed by atoms with Gasteiger partial charge in [0.05, 0.1) is 6.04 Å². The van der Waals surface area contributed by atoms with Gasteiger partial charge in [0.25, 0.3) is 0 Å². The molecule has 105 valence electrons. The molecule has 0 fully saturated rings. The van der Waals surface area contributed by atoms with Gasteiger partial charge in [0.1, 0.15) is 0 Å². The first-order chi connectivity index (χ1) is 8.49. The van der Waals surface area contributed by atoms with Crippen LogP contribution in [0.1, 0.15) is 53.9 Å². The number of hydrogen-bond acceptors (Lipinski definition) is 2. The van der Waals surface area contributed by atoms with E-state index in [2.05, 4.69) is 19.2 Å². The molecular formula is C14H27N2O2. The molecule has 0 spiro atoms. The van der Waals surface area contributed by atoms with Crippen molar-refractivity contribution in [3.63, 3.8) is 0 Å². The van der Waals surface area contributed by atoms with E-state index in [1.165, 1.54) is 0 Å². The van der Waals surface area contributed by atoms with Gasteiger partial charge in [0, 0.05) is 12.6 Å². The molecule has 18 heavy (non-hydrogen) atoms. The number of urea groups is 1. The lowest BCUT2D eigenvalue weighted by Crippen LogP contribution is -2.49. The Morgan fingerprint density at radius 3 is 2.11 bits per heavy atom. The molecule has 0 saturated carbocycles. The molecule has 4 heteroatoms. The summed E-state index contributed by atoms with van der Waals surface area (Å²) in [6, 6.07) is -0.414. The Hall–Kier alpha value is -1.06. The molecule has 0 rings (SSSR count). The zero-order valence-electron chi connectivity index (χ0n) is 12.3. The topological polar surface area (TPSA) is 49.4 Å². The summed E-state index contributed by atoms with van der Waals surface area (Å²) in [5.41, 5.74) is 0. The number of rotatable bonds is 8. The Bertz CT molecular complexity index is 250. The van der Waals surface area contributed by atoms with Gasteiger partial charge in [-0.1, -0.05) is 27.7 Å². The molecule has 0 aliphatic rings. The normalized spacial score (nSPS) is 12.6. The molecule has 0 aromatic heterocycles. The molecule has 0 saturated heterocycles. The van der Waals surface area contributed by atoms with Gasteiger partial charge in [-0.3, -0.25) is 4.79 Å². The van der Waals surface area contributed by atoms with Crippen LogP contribution >= 0.6 is 0 Å². The van der Waals surface area contributed by atoms with Crippen molar-refractivity contribution in [2.75, 3.05) is 6.54 Å². The lowest BCUT2D eigenvalue weighted by Gasteiger charge is -2.30. The van der Waals surface area contributed by atoms with Crippen LogP contribution in [0.15, 0.2) is 0 Å². The largest absolute Gasteiger partial charge is 0.328 e. The monoisotopic (exact) mass is 255 g/mol. The van der Waals surface area contributed by atoms with E-state index in [4.69, 9.17) is 0 Å². The van der Waals surface area contributed by atoms with Gasteiger partial charge < -0.3 is 10.2 Å². The number of carbonyl (C=O) groups is 1. The summed E-state index contributed by atoms with van der Waals surface area (Å²) < 4.78 is 0. The third-order valence-corrected chi connectivity index (χ3v) is 3.13. The highest BCUT2D eigenvalue weighted by Crippen LogP contribution is 2.10. The fourth-order valence-electron chi connectivity index (χ4n) is 2.14. The van der Waals surface area contributed by atoms with Crippen LogP contribution in [0, 0.1) is 5.92 Å². The van der Waals surface area contributed by atoms with E-state index in [9.17, 15) is 9.59 Å². The predicted octanol–water partition coefficient (Wildman–Crippen LogP) is 2.73. The molecule has 0 unspecified atom stereocenters.